The lowest BCUT2D eigenvalue weighted by molar-refractivity contribution is -0.777. The zero-order valence-corrected chi connectivity index (χ0v) is 28.5. The van der Waals surface area contributed by atoms with Gasteiger partial charge in [0, 0.05) is 48.7 Å². The number of rotatable bonds is 15. The van der Waals surface area contributed by atoms with Gasteiger partial charge in [-0.3, -0.25) is 5.04 Å². The van der Waals surface area contributed by atoms with E-state index < -0.39 is 15.9 Å². The molecular formula is C37H35N2O8S2-. The molecule has 0 saturated heterocycles. The molecule has 49 heavy (non-hydrogen) atoms. The van der Waals surface area contributed by atoms with Gasteiger partial charge >= 0.3 is 5.89 Å². The van der Waals surface area contributed by atoms with Crippen LogP contribution in [0.1, 0.15) is 32.1 Å². The number of hydrogen-bond donors (Lipinski definition) is 0. The average Bonchev–Trinajstić information content (AvgIpc) is 3.63. The lowest BCUT2D eigenvalue weighted by atomic mass is 10.0. The van der Waals surface area contributed by atoms with Crippen LogP contribution in [0.2, 0.25) is 0 Å². The second-order valence-electron chi connectivity index (χ2n) is 11.4. The molecule has 0 unspecified atom stereocenters. The quantitative estimate of drug-likeness (QED) is 0.0288. The SMILES string of the molecule is CCC(=Cc1oc2ccc(-c3ccccc3)cc2[n+]1CCCSOO[O-])C=C1Oc2ccc(-c3ccccc3)cc2N1CCCS(=O)(=O)[O-]. The molecule has 1 aliphatic rings. The molecule has 1 aliphatic heterocycles. The second-order valence-corrected chi connectivity index (χ2v) is 13.7. The third kappa shape index (κ3) is 8.60. The lowest BCUT2D eigenvalue weighted by Crippen LogP contribution is -2.35. The molecule has 12 heteroatoms. The minimum Gasteiger partial charge on any atom is -0.748 e. The van der Waals surface area contributed by atoms with Crippen molar-refractivity contribution in [2.75, 3.05) is 23.0 Å². The first-order chi connectivity index (χ1) is 23.8. The zero-order chi connectivity index (χ0) is 34.2. The molecule has 4 aromatic carbocycles. The molecule has 6 rings (SSSR count). The number of aryl methyl sites for hydroxylation is 1. The fraction of sp³-hybridized carbons (Fsp3) is 0.216. The van der Waals surface area contributed by atoms with Gasteiger partial charge in [0.25, 0.3) is 5.52 Å². The van der Waals surface area contributed by atoms with Crippen molar-refractivity contribution in [2.24, 2.45) is 0 Å². The van der Waals surface area contributed by atoms with E-state index in [-0.39, 0.29) is 13.0 Å². The predicted molar refractivity (Wildman–Crippen MR) is 186 cm³/mol. The molecule has 0 spiro atoms. The molecule has 0 bridgehead atoms. The summed E-state index contributed by atoms with van der Waals surface area (Å²) in [5.41, 5.74) is 7.50. The molecule has 0 radical (unpaired) electrons. The summed E-state index contributed by atoms with van der Waals surface area (Å²) in [7, 11) is -4.38. The largest absolute Gasteiger partial charge is 0.748 e. The first kappa shape index (κ1) is 34.4. The van der Waals surface area contributed by atoms with Crippen molar-refractivity contribution in [1.29, 1.82) is 0 Å². The summed E-state index contributed by atoms with van der Waals surface area (Å²) in [6.45, 7) is 2.89. The van der Waals surface area contributed by atoms with Crippen LogP contribution in [0, 0.1) is 0 Å². The van der Waals surface area contributed by atoms with Gasteiger partial charge in [-0.1, -0.05) is 79.7 Å². The minimum atomic E-state index is -4.38. The highest BCUT2D eigenvalue weighted by Crippen LogP contribution is 2.42. The van der Waals surface area contributed by atoms with Crippen LogP contribution in [0.3, 0.4) is 0 Å². The number of ether oxygens (including phenoxy) is 1. The molecule has 0 fully saturated rings. The van der Waals surface area contributed by atoms with Crippen LogP contribution < -0.4 is 19.5 Å². The maximum Gasteiger partial charge on any atom is 0.374 e. The van der Waals surface area contributed by atoms with E-state index in [2.05, 4.69) is 32.1 Å². The summed E-state index contributed by atoms with van der Waals surface area (Å²) >= 11 is 0.945. The highest BCUT2D eigenvalue weighted by molar-refractivity contribution is 7.94. The van der Waals surface area contributed by atoms with Gasteiger partial charge < -0.3 is 23.9 Å². The van der Waals surface area contributed by atoms with Gasteiger partial charge in [0.2, 0.25) is 11.5 Å². The van der Waals surface area contributed by atoms with Crippen molar-refractivity contribution >= 4 is 45.0 Å². The fourth-order valence-corrected chi connectivity index (χ4v) is 6.63. The summed E-state index contributed by atoms with van der Waals surface area (Å²) in [4.78, 5) is 1.92. The van der Waals surface area contributed by atoms with Crippen LogP contribution in [0.4, 0.5) is 5.69 Å². The third-order valence-electron chi connectivity index (χ3n) is 8.16. The van der Waals surface area contributed by atoms with Crippen molar-refractivity contribution in [3.63, 3.8) is 0 Å². The Morgan fingerprint density at radius 1 is 0.918 bits per heavy atom. The molecule has 0 saturated carbocycles. The highest BCUT2D eigenvalue weighted by Gasteiger charge is 2.28. The van der Waals surface area contributed by atoms with E-state index in [0.29, 0.717) is 42.7 Å². The van der Waals surface area contributed by atoms with Gasteiger partial charge in [-0.05, 0) is 58.9 Å². The van der Waals surface area contributed by atoms with Crippen molar-refractivity contribution in [1.82, 2.24) is 0 Å². The molecule has 1 aromatic heterocycles. The Morgan fingerprint density at radius 3 is 2.29 bits per heavy atom. The first-order valence-corrected chi connectivity index (χ1v) is 18.4. The van der Waals surface area contributed by atoms with Gasteiger partial charge in [-0.15, -0.1) is 0 Å². The molecule has 0 atom stereocenters. The van der Waals surface area contributed by atoms with Crippen LogP contribution in [-0.4, -0.2) is 31.0 Å². The van der Waals surface area contributed by atoms with Crippen LogP contribution in [0.25, 0.3) is 39.4 Å². The molecule has 0 aliphatic carbocycles. The minimum absolute atomic E-state index is 0.138. The molecular weight excluding hydrogens is 665 g/mol. The molecule has 0 N–H and O–H groups in total. The van der Waals surface area contributed by atoms with Gasteiger partial charge in [0.1, 0.15) is 0 Å². The smallest absolute Gasteiger partial charge is 0.374 e. The zero-order valence-electron chi connectivity index (χ0n) is 26.8. The van der Waals surface area contributed by atoms with Crippen molar-refractivity contribution in [3.8, 4) is 28.0 Å². The van der Waals surface area contributed by atoms with E-state index >= 15 is 0 Å². The summed E-state index contributed by atoms with van der Waals surface area (Å²) < 4.78 is 53.7. The maximum absolute atomic E-state index is 11.5. The topological polar surface area (TPSA) is 128 Å². The normalized spacial score (nSPS) is 14.1. The standard InChI is InChI=1S/C37H36N2O8S2/c1-2-27(23-36-38(19-9-21-48-47-46-40)32-25-30(15-17-34(32)44-36)28-11-5-3-6-12-28)24-37-39(20-10-22-49(41,42)43)33-26-31(16-18-35(33)45-37)29-13-7-4-8-14-29/h3-8,11-18,23-26H,2,9-10,19-22H2,1H3,(H-,40,41,42,43)/p-1. The van der Waals surface area contributed by atoms with Crippen molar-refractivity contribution in [3.05, 3.63) is 120 Å². The molecule has 5 aromatic rings. The fourth-order valence-electron chi connectivity index (χ4n) is 5.80. The molecule has 0 amide bonds. The first-order valence-electron chi connectivity index (χ1n) is 15.9. The lowest BCUT2D eigenvalue weighted by Gasteiger charge is -2.19. The van der Waals surface area contributed by atoms with Gasteiger partial charge in [0.15, 0.2) is 12.3 Å². The predicted octanol–water partition coefficient (Wildman–Crippen LogP) is 6.79. The van der Waals surface area contributed by atoms with E-state index in [1.807, 2.05) is 103 Å². The van der Waals surface area contributed by atoms with Gasteiger partial charge in [-0.2, -0.15) is 8.90 Å². The maximum atomic E-state index is 11.5. The second kappa shape index (κ2) is 15.9. The van der Waals surface area contributed by atoms with Crippen molar-refractivity contribution < 1.29 is 41.3 Å². The summed E-state index contributed by atoms with van der Waals surface area (Å²) in [5.74, 6) is 1.84. The number of allylic oxidation sites excluding steroid dienone is 2. The van der Waals surface area contributed by atoms with E-state index in [1.54, 1.807) is 0 Å². The Morgan fingerprint density at radius 2 is 1.61 bits per heavy atom. The Labute approximate surface area is 289 Å². The van der Waals surface area contributed by atoms with Crippen LogP contribution in [0.5, 0.6) is 5.75 Å². The van der Waals surface area contributed by atoms with Crippen LogP contribution in [0.15, 0.2) is 119 Å². The monoisotopic (exact) mass is 699 g/mol. The van der Waals surface area contributed by atoms with Gasteiger partial charge in [-0.25, -0.2) is 8.42 Å². The Bertz CT molecular complexity index is 2060. The Kier molecular flexibility index (Phi) is 11.1. The van der Waals surface area contributed by atoms with E-state index in [4.69, 9.17) is 9.15 Å². The molecule has 10 nitrogen and oxygen atoms in total. The summed E-state index contributed by atoms with van der Waals surface area (Å²) in [6, 6.07) is 32.1. The van der Waals surface area contributed by atoms with Crippen molar-refractivity contribution in [2.45, 2.75) is 32.7 Å². The Balaban J connectivity index is 1.37. The van der Waals surface area contributed by atoms with E-state index in [9.17, 15) is 18.2 Å². The summed E-state index contributed by atoms with van der Waals surface area (Å²) in [5, 5.41) is 13.7. The van der Waals surface area contributed by atoms with E-state index in [1.165, 1.54) is 0 Å². The molecule has 254 valence electrons. The number of aromatic nitrogens is 1. The number of oxazole rings is 1. The van der Waals surface area contributed by atoms with Crippen LogP contribution in [-0.2, 0) is 26.0 Å². The number of hydrogen-bond acceptors (Lipinski definition) is 10. The third-order valence-corrected chi connectivity index (χ3v) is 9.56. The van der Waals surface area contributed by atoms with E-state index in [0.717, 1.165) is 56.7 Å². The number of benzene rings is 4. The number of nitrogens with zero attached hydrogens (tertiary/aromatic N) is 2. The number of anilines is 1. The molecule has 2 heterocycles. The summed E-state index contributed by atoms with van der Waals surface area (Å²) in [6.07, 6.45) is 5.35. The van der Waals surface area contributed by atoms with Gasteiger partial charge in [0.05, 0.1) is 21.9 Å². The van der Waals surface area contributed by atoms with Crippen LogP contribution >= 0.6 is 12.0 Å². The average molecular weight is 700 g/mol. The number of fused-ring (bicyclic) bond motifs is 2. The Hall–Kier alpha value is -4.43. The highest BCUT2D eigenvalue weighted by atomic mass is 32.2.